The van der Waals surface area contributed by atoms with Crippen molar-refractivity contribution < 1.29 is 31.9 Å². The summed E-state index contributed by atoms with van der Waals surface area (Å²) >= 11 is 2.36. The van der Waals surface area contributed by atoms with Crippen molar-refractivity contribution in [3.05, 3.63) is 24.2 Å². The molecule has 0 saturated carbocycles. The molecule has 0 saturated heterocycles. The molecular formula is C14H14F3N3O4S2. The second kappa shape index (κ2) is 8.16. The fraction of sp³-hybridized carbons (Fsp3) is 0.429. The van der Waals surface area contributed by atoms with Crippen molar-refractivity contribution in [1.29, 1.82) is 0 Å². The van der Waals surface area contributed by atoms with Crippen LogP contribution in [0.15, 0.2) is 37.8 Å². The lowest BCUT2D eigenvalue weighted by atomic mass is 10.1. The predicted octanol–water partition coefficient (Wildman–Crippen LogP) is 3.32. The minimum Gasteiger partial charge on any atom is -0.462 e. The lowest BCUT2D eigenvalue weighted by Crippen LogP contribution is -2.53. The van der Waals surface area contributed by atoms with Crippen molar-refractivity contribution >= 4 is 45.8 Å². The van der Waals surface area contributed by atoms with Crippen LogP contribution < -0.4 is 0 Å². The molecule has 0 aromatic carbocycles. The topological polar surface area (TPSA) is 85.8 Å². The molecule has 0 amide bonds. The van der Waals surface area contributed by atoms with Gasteiger partial charge in [-0.3, -0.25) is 0 Å². The first kappa shape index (κ1) is 20.4. The Bertz CT molecular complexity index is 741. The predicted molar refractivity (Wildman–Crippen MR) is 93.6 cm³/mol. The normalized spacial score (nSPS) is 19.9. The van der Waals surface area contributed by atoms with E-state index >= 15 is 0 Å². The molecule has 0 unspecified atom stereocenters. The van der Waals surface area contributed by atoms with Crippen LogP contribution in [0.5, 0.6) is 0 Å². The molecule has 0 spiro atoms. The summed E-state index contributed by atoms with van der Waals surface area (Å²) in [6.45, 7) is 1.10. The van der Waals surface area contributed by atoms with Crippen molar-refractivity contribution in [3.8, 4) is 0 Å². The van der Waals surface area contributed by atoms with E-state index in [1.54, 1.807) is 12.5 Å². The summed E-state index contributed by atoms with van der Waals surface area (Å²) in [6.07, 6.45) is -0.587. The van der Waals surface area contributed by atoms with E-state index in [2.05, 4.69) is 19.7 Å². The van der Waals surface area contributed by atoms with Gasteiger partial charge in [-0.15, -0.1) is 23.5 Å². The van der Waals surface area contributed by atoms with Gasteiger partial charge in [-0.05, 0) is 31.6 Å². The molecule has 26 heavy (non-hydrogen) atoms. The molecule has 0 N–H and O–H groups in total. The number of carbonyl (C=O) groups excluding carboxylic acids is 1. The molecule has 0 bridgehead atoms. The van der Waals surface area contributed by atoms with E-state index < -0.39 is 29.7 Å². The van der Waals surface area contributed by atoms with Gasteiger partial charge in [0.05, 0.1) is 12.9 Å². The molecule has 1 aliphatic rings. The number of nitrogens with zero attached hydrogens (tertiary/aromatic N) is 3. The molecule has 7 nitrogen and oxygen atoms in total. The Labute approximate surface area is 155 Å². The van der Waals surface area contributed by atoms with Crippen molar-refractivity contribution in [2.45, 2.75) is 18.8 Å². The van der Waals surface area contributed by atoms with Gasteiger partial charge >= 0.3 is 23.8 Å². The highest BCUT2D eigenvalue weighted by atomic mass is 32.2. The number of ether oxygens (including phenoxy) is 2. The minimum absolute atomic E-state index is 0.111. The van der Waals surface area contributed by atoms with Crippen LogP contribution in [0, 0.1) is 0 Å². The van der Waals surface area contributed by atoms with Crippen molar-refractivity contribution in [3.63, 3.8) is 0 Å². The molecule has 1 aromatic rings. The number of esters is 1. The Kier molecular flexibility index (Phi) is 6.39. The number of carbonyl (C=O) groups is 1. The van der Waals surface area contributed by atoms with E-state index in [-0.39, 0.29) is 12.4 Å². The first-order valence-corrected chi connectivity index (χ1v) is 9.54. The molecule has 1 aliphatic heterocycles. The largest absolute Gasteiger partial charge is 0.462 e. The van der Waals surface area contributed by atoms with Gasteiger partial charge in [0.2, 0.25) is 0 Å². The highest BCUT2D eigenvalue weighted by molar-refractivity contribution is 8.38. The van der Waals surface area contributed by atoms with Crippen LogP contribution in [0.3, 0.4) is 0 Å². The number of hydrogen-bond acceptors (Lipinski definition) is 9. The van der Waals surface area contributed by atoms with Gasteiger partial charge in [-0.25, -0.2) is 4.79 Å². The van der Waals surface area contributed by atoms with Crippen molar-refractivity contribution in [2.24, 2.45) is 15.0 Å². The van der Waals surface area contributed by atoms with Gasteiger partial charge < -0.3 is 13.9 Å². The number of alkyl halides is 3. The van der Waals surface area contributed by atoms with E-state index in [9.17, 15) is 18.0 Å². The van der Waals surface area contributed by atoms with Crippen LogP contribution in [-0.4, -0.2) is 53.2 Å². The SMILES string of the molecule is CCOC(=O)[C@]1(C(F)(F)F)N=C(N=C(SC)SC)OC(c2ccco2)=N1. The second-order valence-corrected chi connectivity index (χ2v) is 6.42. The van der Waals surface area contributed by atoms with E-state index in [1.165, 1.54) is 48.8 Å². The fourth-order valence-electron chi connectivity index (χ4n) is 1.81. The lowest BCUT2D eigenvalue weighted by Gasteiger charge is -2.29. The number of amidine groups is 1. The molecule has 12 heteroatoms. The molecule has 142 valence electrons. The number of hydrogen-bond donors (Lipinski definition) is 0. The Hall–Kier alpha value is -1.95. The summed E-state index contributed by atoms with van der Waals surface area (Å²) in [5.41, 5.74) is -3.52. The highest BCUT2D eigenvalue weighted by Gasteiger charge is 2.65. The van der Waals surface area contributed by atoms with Crippen molar-refractivity contribution in [2.75, 3.05) is 19.1 Å². The van der Waals surface area contributed by atoms with Crippen LogP contribution in [0.1, 0.15) is 12.7 Å². The number of halogens is 3. The smallest absolute Gasteiger partial charge is 0.446 e. The summed E-state index contributed by atoms with van der Waals surface area (Å²) in [6, 6.07) is 2.10. The molecule has 0 radical (unpaired) electrons. The average Bonchev–Trinajstić information content (AvgIpc) is 3.13. The van der Waals surface area contributed by atoms with Crippen LogP contribution >= 0.6 is 23.5 Å². The van der Waals surface area contributed by atoms with Gasteiger partial charge in [0.1, 0.15) is 4.38 Å². The van der Waals surface area contributed by atoms with Crippen molar-refractivity contribution in [1.82, 2.24) is 0 Å². The maximum Gasteiger partial charge on any atom is 0.446 e. The Morgan fingerprint density at radius 2 is 2.04 bits per heavy atom. The number of aliphatic imine (C=N–C) groups is 3. The van der Waals surface area contributed by atoms with Crippen LogP contribution in [0.4, 0.5) is 13.2 Å². The van der Waals surface area contributed by atoms with Crippen LogP contribution in [-0.2, 0) is 14.3 Å². The third kappa shape index (κ3) is 4.06. The number of thioether (sulfide) groups is 2. The molecule has 2 heterocycles. The zero-order chi connectivity index (χ0) is 19.4. The maximum atomic E-state index is 13.8. The monoisotopic (exact) mass is 409 g/mol. The fourth-order valence-corrected chi connectivity index (χ4v) is 2.82. The second-order valence-electron chi connectivity index (χ2n) is 4.57. The van der Waals surface area contributed by atoms with Crippen LogP contribution in [0.2, 0.25) is 0 Å². The molecule has 0 fully saturated rings. The summed E-state index contributed by atoms with van der Waals surface area (Å²) < 4.78 is 56.6. The first-order chi connectivity index (χ1) is 12.3. The maximum absolute atomic E-state index is 13.8. The molecular weight excluding hydrogens is 395 g/mol. The Balaban J connectivity index is 2.65. The van der Waals surface area contributed by atoms with Gasteiger partial charge in [0.15, 0.2) is 5.76 Å². The van der Waals surface area contributed by atoms with E-state index in [4.69, 9.17) is 9.15 Å². The summed E-state index contributed by atoms with van der Waals surface area (Å²) in [4.78, 5) is 22.8. The van der Waals surface area contributed by atoms with Gasteiger partial charge in [-0.1, -0.05) is 0 Å². The molecule has 1 aromatic heterocycles. The van der Waals surface area contributed by atoms with E-state index in [0.717, 1.165) is 0 Å². The van der Waals surface area contributed by atoms with Gasteiger partial charge in [0.25, 0.3) is 5.90 Å². The summed E-state index contributed by atoms with van der Waals surface area (Å²) in [7, 11) is 0. The van der Waals surface area contributed by atoms with E-state index in [1.807, 2.05) is 0 Å². The zero-order valence-electron chi connectivity index (χ0n) is 13.9. The van der Waals surface area contributed by atoms with Gasteiger partial charge in [0, 0.05) is 0 Å². The number of rotatable bonds is 3. The lowest BCUT2D eigenvalue weighted by molar-refractivity contribution is -0.204. The zero-order valence-corrected chi connectivity index (χ0v) is 15.5. The Morgan fingerprint density at radius 1 is 1.35 bits per heavy atom. The number of furan rings is 1. The molecule has 0 aliphatic carbocycles. The average molecular weight is 409 g/mol. The van der Waals surface area contributed by atoms with Gasteiger partial charge in [-0.2, -0.15) is 28.1 Å². The third-order valence-corrected chi connectivity index (χ3v) is 4.81. The summed E-state index contributed by atoms with van der Waals surface area (Å²) in [5, 5.41) is 0. The highest BCUT2D eigenvalue weighted by Crippen LogP contribution is 2.39. The standard InChI is InChI=1S/C14H14F3N3O4S2/c1-4-22-10(21)13(14(15,16)17)19-9(8-6-5-7-23-8)24-11(20-13)18-12(25-2)26-3/h5-7H,4H2,1-3H3/t13-/m1/s1. The van der Waals surface area contributed by atoms with Crippen LogP contribution in [0.25, 0.3) is 0 Å². The molecule has 2 rings (SSSR count). The van der Waals surface area contributed by atoms with E-state index in [0.29, 0.717) is 4.38 Å². The Morgan fingerprint density at radius 3 is 2.54 bits per heavy atom. The first-order valence-electron chi connectivity index (χ1n) is 7.09. The summed E-state index contributed by atoms with van der Waals surface area (Å²) in [5.74, 6) is -2.36. The third-order valence-electron chi connectivity index (χ3n) is 2.93. The quantitative estimate of drug-likeness (QED) is 0.433. The minimum atomic E-state index is -5.18. The molecule has 1 atom stereocenters.